The minimum absolute atomic E-state index is 0.0687. The van der Waals surface area contributed by atoms with Crippen molar-refractivity contribution < 1.29 is 4.79 Å². The molecule has 26 heavy (non-hydrogen) atoms. The van der Waals surface area contributed by atoms with Crippen molar-refractivity contribution in [3.8, 4) is 0 Å². The molecule has 0 saturated carbocycles. The number of anilines is 2. The van der Waals surface area contributed by atoms with Crippen LogP contribution in [-0.4, -0.2) is 30.5 Å². The molecule has 2 heterocycles. The van der Waals surface area contributed by atoms with E-state index in [-0.39, 0.29) is 11.8 Å². The second kappa shape index (κ2) is 8.09. The van der Waals surface area contributed by atoms with Crippen LogP contribution in [0.1, 0.15) is 30.9 Å². The maximum absolute atomic E-state index is 13.1. The average molecular weight is 372 g/mol. The zero-order valence-corrected chi connectivity index (χ0v) is 16.5. The number of hydrogen-bond donors (Lipinski definition) is 0. The third-order valence-corrected chi connectivity index (χ3v) is 5.33. The number of hydrogen-bond acceptors (Lipinski definition) is 3. The molecule has 138 valence electrons. The lowest BCUT2D eigenvalue weighted by Gasteiger charge is -2.35. The van der Waals surface area contributed by atoms with E-state index in [1.54, 1.807) is 6.20 Å². The Morgan fingerprint density at radius 3 is 2.54 bits per heavy atom. The number of aryl methyl sites for hydroxylation is 2. The molecule has 0 aliphatic carbocycles. The van der Waals surface area contributed by atoms with Crippen LogP contribution in [0.3, 0.4) is 0 Å². The van der Waals surface area contributed by atoms with Crippen LogP contribution in [0.25, 0.3) is 0 Å². The van der Waals surface area contributed by atoms with Crippen molar-refractivity contribution in [1.82, 2.24) is 4.98 Å². The van der Waals surface area contributed by atoms with Gasteiger partial charge in [-0.1, -0.05) is 29.3 Å². The zero-order valence-electron chi connectivity index (χ0n) is 15.7. The Morgan fingerprint density at radius 2 is 1.96 bits per heavy atom. The number of carbonyl (C=O) groups is 1. The molecule has 1 aliphatic heterocycles. The third kappa shape index (κ3) is 4.01. The van der Waals surface area contributed by atoms with E-state index < -0.39 is 0 Å². The molecule has 1 amide bonds. The van der Waals surface area contributed by atoms with E-state index in [4.69, 9.17) is 11.6 Å². The third-order valence-electron chi connectivity index (χ3n) is 5.11. The van der Waals surface area contributed by atoms with E-state index in [2.05, 4.69) is 41.9 Å². The summed E-state index contributed by atoms with van der Waals surface area (Å²) in [5, 5.41) is 0.644. The second-order valence-electron chi connectivity index (χ2n) is 6.97. The highest BCUT2D eigenvalue weighted by Gasteiger charge is 2.29. The van der Waals surface area contributed by atoms with Crippen molar-refractivity contribution in [1.29, 1.82) is 0 Å². The molecule has 0 bridgehead atoms. The lowest BCUT2D eigenvalue weighted by molar-refractivity contribution is -0.122. The van der Waals surface area contributed by atoms with Gasteiger partial charge in [-0.05, 0) is 57.4 Å². The van der Waals surface area contributed by atoms with Gasteiger partial charge >= 0.3 is 0 Å². The monoisotopic (exact) mass is 371 g/mol. The SMILES string of the molecule is CCN(C(=O)C1CCN(c2ccc(Cl)cn2)CC1)c1ccc(C)cc1C. The molecule has 1 saturated heterocycles. The summed E-state index contributed by atoms with van der Waals surface area (Å²) in [6.45, 7) is 8.58. The minimum Gasteiger partial charge on any atom is -0.357 e. The summed E-state index contributed by atoms with van der Waals surface area (Å²) in [5.41, 5.74) is 3.41. The Balaban J connectivity index is 1.67. The fraction of sp³-hybridized carbons (Fsp3) is 0.429. The van der Waals surface area contributed by atoms with Crippen LogP contribution < -0.4 is 9.80 Å². The van der Waals surface area contributed by atoms with Crippen molar-refractivity contribution in [3.63, 3.8) is 0 Å². The van der Waals surface area contributed by atoms with Crippen LogP contribution in [0.5, 0.6) is 0 Å². The van der Waals surface area contributed by atoms with Crippen molar-refractivity contribution in [2.24, 2.45) is 5.92 Å². The van der Waals surface area contributed by atoms with Gasteiger partial charge in [-0.3, -0.25) is 4.79 Å². The number of pyridine rings is 1. The quantitative estimate of drug-likeness (QED) is 0.786. The highest BCUT2D eigenvalue weighted by atomic mass is 35.5. The van der Waals surface area contributed by atoms with E-state index >= 15 is 0 Å². The first-order valence-electron chi connectivity index (χ1n) is 9.24. The van der Waals surface area contributed by atoms with Gasteiger partial charge < -0.3 is 9.80 Å². The van der Waals surface area contributed by atoms with Gasteiger partial charge in [-0.25, -0.2) is 4.98 Å². The molecule has 3 rings (SSSR count). The fourth-order valence-electron chi connectivity index (χ4n) is 3.68. The first-order chi connectivity index (χ1) is 12.5. The topological polar surface area (TPSA) is 36.4 Å². The highest BCUT2D eigenvalue weighted by Crippen LogP contribution is 2.28. The summed E-state index contributed by atoms with van der Waals surface area (Å²) >= 11 is 5.92. The van der Waals surface area contributed by atoms with E-state index in [0.29, 0.717) is 11.6 Å². The molecule has 5 heteroatoms. The van der Waals surface area contributed by atoms with Crippen LogP contribution >= 0.6 is 11.6 Å². The average Bonchev–Trinajstić information content (AvgIpc) is 2.64. The van der Waals surface area contributed by atoms with Gasteiger partial charge in [0.1, 0.15) is 5.82 Å². The lowest BCUT2D eigenvalue weighted by atomic mass is 9.94. The first-order valence-corrected chi connectivity index (χ1v) is 9.62. The summed E-state index contributed by atoms with van der Waals surface area (Å²) in [6.07, 6.45) is 3.38. The Hall–Kier alpha value is -2.07. The van der Waals surface area contributed by atoms with Crippen molar-refractivity contribution in [2.75, 3.05) is 29.4 Å². The highest BCUT2D eigenvalue weighted by molar-refractivity contribution is 6.30. The Bertz CT molecular complexity index is 767. The van der Waals surface area contributed by atoms with Gasteiger partial charge in [0.15, 0.2) is 0 Å². The fourth-order valence-corrected chi connectivity index (χ4v) is 3.80. The van der Waals surface area contributed by atoms with Gasteiger partial charge in [0, 0.05) is 37.4 Å². The molecule has 0 spiro atoms. The molecular formula is C21H26ClN3O. The smallest absolute Gasteiger partial charge is 0.230 e. The predicted molar refractivity (Wildman–Crippen MR) is 108 cm³/mol. The number of aromatic nitrogens is 1. The normalized spacial score (nSPS) is 15.2. The van der Waals surface area contributed by atoms with Gasteiger partial charge in [-0.15, -0.1) is 0 Å². The number of halogens is 1. The van der Waals surface area contributed by atoms with Crippen LogP contribution in [-0.2, 0) is 4.79 Å². The molecule has 0 N–H and O–H groups in total. The van der Waals surface area contributed by atoms with Gasteiger partial charge in [-0.2, -0.15) is 0 Å². The van der Waals surface area contributed by atoms with Crippen LogP contribution in [0.4, 0.5) is 11.5 Å². The van der Waals surface area contributed by atoms with E-state index in [1.807, 2.05) is 24.0 Å². The molecule has 2 aromatic rings. The molecule has 0 radical (unpaired) electrons. The molecule has 1 aromatic heterocycles. The number of piperidine rings is 1. The van der Waals surface area contributed by atoms with Crippen molar-refractivity contribution in [3.05, 3.63) is 52.7 Å². The molecular weight excluding hydrogens is 346 g/mol. The van der Waals surface area contributed by atoms with Gasteiger partial charge in [0.2, 0.25) is 5.91 Å². The molecule has 1 fully saturated rings. The van der Waals surface area contributed by atoms with Crippen LogP contribution in [0.2, 0.25) is 5.02 Å². The minimum atomic E-state index is 0.0687. The summed E-state index contributed by atoms with van der Waals surface area (Å²) in [6, 6.07) is 10.1. The van der Waals surface area contributed by atoms with Gasteiger partial charge in [0.25, 0.3) is 0 Å². The summed E-state index contributed by atoms with van der Waals surface area (Å²) < 4.78 is 0. The number of benzene rings is 1. The number of amides is 1. The Kier molecular flexibility index (Phi) is 5.82. The zero-order chi connectivity index (χ0) is 18.7. The van der Waals surface area contributed by atoms with E-state index in [0.717, 1.165) is 43.0 Å². The largest absolute Gasteiger partial charge is 0.357 e. The maximum Gasteiger partial charge on any atom is 0.230 e. The number of nitrogens with zero attached hydrogens (tertiary/aromatic N) is 3. The van der Waals surface area contributed by atoms with E-state index in [9.17, 15) is 4.79 Å². The predicted octanol–water partition coefficient (Wildman–Crippen LogP) is 4.62. The molecule has 4 nitrogen and oxygen atoms in total. The van der Waals surface area contributed by atoms with Gasteiger partial charge in [0.05, 0.1) is 5.02 Å². The Morgan fingerprint density at radius 1 is 1.23 bits per heavy atom. The maximum atomic E-state index is 13.1. The second-order valence-corrected chi connectivity index (χ2v) is 7.40. The van der Waals surface area contributed by atoms with Crippen molar-refractivity contribution in [2.45, 2.75) is 33.6 Å². The molecule has 0 unspecified atom stereocenters. The first kappa shape index (κ1) is 18.7. The number of rotatable bonds is 4. The summed E-state index contributed by atoms with van der Waals surface area (Å²) in [4.78, 5) is 21.7. The van der Waals surface area contributed by atoms with E-state index in [1.165, 1.54) is 5.56 Å². The standard InChI is InChI=1S/C21H26ClN3O/c1-4-25(19-7-5-15(2)13-16(19)3)21(26)17-9-11-24(12-10-17)20-8-6-18(22)14-23-20/h5-8,13-14,17H,4,9-12H2,1-3H3. The summed E-state index contributed by atoms with van der Waals surface area (Å²) in [7, 11) is 0. The number of carbonyl (C=O) groups excluding carboxylic acids is 1. The molecule has 0 atom stereocenters. The molecule has 1 aromatic carbocycles. The van der Waals surface area contributed by atoms with Crippen LogP contribution in [0.15, 0.2) is 36.5 Å². The molecule has 1 aliphatic rings. The van der Waals surface area contributed by atoms with Crippen molar-refractivity contribution >= 4 is 29.0 Å². The lowest BCUT2D eigenvalue weighted by Crippen LogP contribution is -2.43. The Labute approximate surface area is 160 Å². The summed E-state index contributed by atoms with van der Waals surface area (Å²) in [5.74, 6) is 1.24. The van der Waals surface area contributed by atoms with Crippen LogP contribution in [0, 0.1) is 19.8 Å².